The van der Waals surface area contributed by atoms with Gasteiger partial charge >= 0.3 is 11.7 Å². The summed E-state index contributed by atoms with van der Waals surface area (Å²) in [7, 11) is 2.61. The Morgan fingerprint density at radius 2 is 2.06 bits per heavy atom. The molecule has 0 aliphatic carbocycles. The Morgan fingerprint density at radius 1 is 1.33 bits per heavy atom. The summed E-state index contributed by atoms with van der Waals surface area (Å²) in [4.78, 5) is 24.5. The lowest BCUT2D eigenvalue weighted by atomic mass is 10.2. The molecule has 0 aliphatic heterocycles. The second-order valence-corrected chi connectivity index (χ2v) is 3.54. The third-order valence-corrected chi connectivity index (χ3v) is 2.52. The van der Waals surface area contributed by atoms with Crippen LogP contribution < -0.4 is 4.74 Å². The van der Waals surface area contributed by atoms with E-state index in [0.717, 1.165) is 0 Å². The van der Waals surface area contributed by atoms with Gasteiger partial charge in [0, 0.05) is 17.5 Å². The fourth-order valence-corrected chi connectivity index (χ4v) is 1.67. The van der Waals surface area contributed by atoms with Gasteiger partial charge in [-0.3, -0.25) is 10.1 Å². The standard InChI is InChI=1S/C11H10N2O5/c1-17-10-5-7-6(4-9(10)13(15)16)3-8(12-7)11(14)18-2/h3-5,12H,1-2H3. The average Bonchev–Trinajstić information content (AvgIpc) is 2.78. The van der Waals surface area contributed by atoms with E-state index in [1.54, 1.807) is 0 Å². The van der Waals surface area contributed by atoms with Gasteiger partial charge in [0.15, 0.2) is 5.75 Å². The van der Waals surface area contributed by atoms with Crippen molar-refractivity contribution in [1.29, 1.82) is 0 Å². The number of hydrogen-bond acceptors (Lipinski definition) is 5. The number of rotatable bonds is 3. The van der Waals surface area contributed by atoms with Crippen LogP contribution in [0.3, 0.4) is 0 Å². The molecule has 0 atom stereocenters. The zero-order chi connectivity index (χ0) is 13.3. The Balaban J connectivity index is 2.63. The topological polar surface area (TPSA) is 94.5 Å². The molecule has 2 aromatic rings. The molecule has 0 bridgehead atoms. The summed E-state index contributed by atoms with van der Waals surface area (Å²) in [5.41, 5.74) is 0.647. The van der Waals surface area contributed by atoms with Crippen LogP contribution in [0.25, 0.3) is 10.9 Å². The van der Waals surface area contributed by atoms with Gasteiger partial charge in [0.05, 0.1) is 24.7 Å². The van der Waals surface area contributed by atoms with Gasteiger partial charge in [-0.15, -0.1) is 0 Å². The molecule has 7 nitrogen and oxygen atoms in total. The zero-order valence-corrected chi connectivity index (χ0v) is 9.72. The minimum absolute atomic E-state index is 0.130. The number of fused-ring (bicyclic) bond motifs is 1. The van der Waals surface area contributed by atoms with Gasteiger partial charge in [0.2, 0.25) is 0 Å². The third kappa shape index (κ3) is 1.86. The predicted octanol–water partition coefficient (Wildman–Crippen LogP) is 1.87. The number of H-pyrrole nitrogens is 1. The highest BCUT2D eigenvalue weighted by molar-refractivity contribution is 5.96. The molecule has 0 saturated carbocycles. The quantitative estimate of drug-likeness (QED) is 0.509. The van der Waals surface area contributed by atoms with E-state index in [0.29, 0.717) is 10.9 Å². The van der Waals surface area contributed by atoms with Gasteiger partial charge in [0.1, 0.15) is 5.69 Å². The molecular weight excluding hydrogens is 240 g/mol. The Kier molecular flexibility index (Phi) is 2.88. The minimum atomic E-state index is -0.539. The number of methoxy groups -OCH3 is 2. The molecule has 2 rings (SSSR count). The van der Waals surface area contributed by atoms with Crippen molar-refractivity contribution >= 4 is 22.6 Å². The number of aromatic amines is 1. The number of carbonyl (C=O) groups excluding carboxylic acids is 1. The summed E-state index contributed by atoms with van der Waals surface area (Å²) in [6.07, 6.45) is 0. The average molecular weight is 250 g/mol. The number of nitrogens with zero attached hydrogens (tertiary/aromatic N) is 1. The number of ether oxygens (including phenoxy) is 2. The fourth-order valence-electron chi connectivity index (χ4n) is 1.67. The number of esters is 1. The maximum atomic E-state index is 11.3. The van der Waals surface area contributed by atoms with E-state index in [-0.39, 0.29) is 17.1 Å². The molecule has 1 heterocycles. The van der Waals surface area contributed by atoms with Crippen LogP contribution in [0.15, 0.2) is 18.2 Å². The molecule has 7 heteroatoms. The van der Waals surface area contributed by atoms with E-state index in [4.69, 9.17) is 4.74 Å². The molecule has 18 heavy (non-hydrogen) atoms. The number of nitro benzene ring substituents is 1. The molecule has 1 aromatic carbocycles. The zero-order valence-electron chi connectivity index (χ0n) is 9.72. The molecule has 94 valence electrons. The predicted molar refractivity (Wildman–Crippen MR) is 62.8 cm³/mol. The molecular formula is C11H10N2O5. The Labute approximate surface area is 101 Å². The van der Waals surface area contributed by atoms with Crippen LogP contribution in [0, 0.1) is 10.1 Å². The number of benzene rings is 1. The van der Waals surface area contributed by atoms with Crippen LogP contribution in [-0.4, -0.2) is 30.1 Å². The lowest BCUT2D eigenvalue weighted by Crippen LogP contribution is -2.00. The molecule has 0 amide bonds. The summed E-state index contributed by atoms with van der Waals surface area (Å²) in [6, 6.07) is 4.31. The van der Waals surface area contributed by atoms with Gasteiger partial charge in [-0.05, 0) is 6.07 Å². The van der Waals surface area contributed by atoms with Crippen molar-refractivity contribution in [2.45, 2.75) is 0 Å². The number of nitro groups is 1. The summed E-state index contributed by atoms with van der Waals surface area (Å²) < 4.78 is 9.50. The lowest BCUT2D eigenvalue weighted by Gasteiger charge is -2.00. The van der Waals surface area contributed by atoms with E-state index in [9.17, 15) is 14.9 Å². The van der Waals surface area contributed by atoms with E-state index in [1.807, 2.05) is 0 Å². The van der Waals surface area contributed by atoms with Crippen molar-refractivity contribution in [1.82, 2.24) is 4.98 Å². The van der Waals surface area contributed by atoms with Crippen LogP contribution in [0.1, 0.15) is 10.5 Å². The van der Waals surface area contributed by atoms with E-state index in [2.05, 4.69) is 9.72 Å². The fraction of sp³-hybridized carbons (Fsp3) is 0.182. The summed E-state index contributed by atoms with van der Waals surface area (Å²) in [5.74, 6) is -0.404. The van der Waals surface area contributed by atoms with E-state index >= 15 is 0 Å². The van der Waals surface area contributed by atoms with Crippen LogP contribution in [0.4, 0.5) is 5.69 Å². The van der Waals surface area contributed by atoms with Crippen molar-refractivity contribution in [3.63, 3.8) is 0 Å². The van der Waals surface area contributed by atoms with Crippen LogP contribution in [-0.2, 0) is 4.74 Å². The van der Waals surface area contributed by atoms with Gasteiger partial charge in [-0.2, -0.15) is 0 Å². The van der Waals surface area contributed by atoms with Crippen molar-refractivity contribution in [2.75, 3.05) is 14.2 Å². The van der Waals surface area contributed by atoms with Crippen LogP contribution in [0.2, 0.25) is 0 Å². The molecule has 0 aliphatic rings. The Bertz CT molecular complexity index is 632. The summed E-state index contributed by atoms with van der Waals surface area (Å²) in [6.45, 7) is 0. The smallest absolute Gasteiger partial charge is 0.354 e. The maximum Gasteiger partial charge on any atom is 0.354 e. The first-order valence-electron chi connectivity index (χ1n) is 5.00. The third-order valence-electron chi connectivity index (χ3n) is 2.52. The number of nitrogens with one attached hydrogen (secondary N) is 1. The van der Waals surface area contributed by atoms with Gasteiger partial charge in [-0.1, -0.05) is 0 Å². The van der Waals surface area contributed by atoms with E-state index in [1.165, 1.54) is 32.4 Å². The van der Waals surface area contributed by atoms with Crippen LogP contribution >= 0.6 is 0 Å². The molecule has 0 radical (unpaired) electrons. The number of carbonyl (C=O) groups is 1. The maximum absolute atomic E-state index is 11.3. The van der Waals surface area contributed by atoms with Gasteiger partial charge < -0.3 is 14.5 Å². The molecule has 1 N–H and O–H groups in total. The highest BCUT2D eigenvalue weighted by Crippen LogP contribution is 2.32. The SMILES string of the molecule is COC(=O)c1cc2cc([N+](=O)[O-])c(OC)cc2[nH]1. The van der Waals surface area contributed by atoms with Gasteiger partial charge in [0.25, 0.3) is 0 Å². The minimum Gasteiger partial charge on any atom is -0.490 e. The second-order valence-electron chi connectivity index (χ2n) is 3.54. The largest absolute Gasteiger partial charge is 0.490 e. The number of aromatic nitrogens is 1. The normalized spacial score (nSPS) is 10.3. The van der Waals surface area contributed by atoms with Crippen molar-refractivity contribution < 1.29 is 19.2 Å². The molecule has 0 fully saturated rings. The Hall–Kier alpha value is -2.57. The van der Waals surface area contributed by atoms with Crippen LogP contribution in [0.5, 0.6) is 5.75 Å². The van der Waals surface area contributed by atoms with Crippen molar-refractivity contribution in [2.24, 2.45) is 0 Å². The molecule has 0 spiro atoms. The van der Waals surface area contributed by atoms with Gasteiger partial charge in [-0.25, -0.2) is 4.79 Å². The monoisotopic (exact) mass is 250 g/mol. The first-order valence-corrected chi connectivity index (χ1v) is 5.00. The first-order chi connectivity index (χ1) is 8.56. The number of hydrogen-bond donors (Lipinski definition) is 1. The summed E-state index contributed by atoms with van der Waals surface area (Å²) in [5, 5.41) is 11.4. The second kappa shape index (κ2) is 4.36. The highest BCUT2D eigenvalue weighted by Gasteiger charge is 2.18. The Morgan fingerprint density at radius 3 is 2.61 bits per heavy atom. The summed E-state index contributed by atoms with van der Waals surface area (Å²) >= 11 is 0. The highest BCUT2D eigenvalue weighted by atomic mass is 16.6. The van der Waals surface area contributed by atoms with Crippen molar-refractivity contribution in [3.05, 3.63) is 34.0 Å². The molecule has 0 unspecified atom stereocenters. The van der Waals surface area contributed by atoms with E-state index < -0.39 is 10.9 Å². The first kappa shape index (κ1) is 11.9. The van der Waals surface area contributed by atoms with Crippen molar-refractivity contribution in [3.8, 4) is 5.75 Å². The molecule has 1 aromatic heterocycles. The molecule has 0 saturated heterocycles. The lowest BCUT2D eigenvalue weighted by molar-refractivity contribution is -0.385.